The first kappa shape index (κ1) is 24.2. The highest BCUT2D eigenvalue weighted by Gasteiger charge is 2.44. The number of aryl methyl sites for hydroxylation is 2. The average molecular weight is 499 g/mol. The SMILES string of the molecule is CC1=Nc2c(C)cc(-c3nc(Nc4ccc(C5CCN(C)CC5)c(C)n4)ncc3F)cc2C12CCCC2. The molecular formula is C30H35FN6. The topological polar surface area (TPSA) is 66.3 Å². The number of nitrogens with one attached hydrogen (secondary N) is 1. The second kappa shape index (κ2) is 9.28. The van der Waals surface area contributed by atoms with Crippen LogP contribution in [-0.4, -0.2) is 45.7 Å². The van der Waals surface area contributed by atoms with Gasteiger partial charge in [-0.2, -0.15) is 0 Å². The molecule has 7 heteroatoms. The van der Waals surface area contributed by atoms with Crippen molar-refractivity contribution in [3.63, 3.8) is 0 Å². The number of rotatable bonds is 4. The number of pyridine rings is 1. The van der Waals surface area contributed by atoms with Crippen molar-refractivity contribution in [3.05, 3.63) is 58.7 Å². The minimum Gasteiger partial charge on any atom is -0.309 e. The highest BCUT2D eigenvalue weighted by molar-refractivity contribution is 6.01. The van der Waals surface area contributed by atoms with E-state index in [1.54, 1.807) is 0 Å². The van der Waals surface area contributed by atoms with Crippen molar-refractivity contribution in [3.8, 4) is 11.3 Å². The van der Waals surface area contributed by atoms with Gasteiger partial charge in [-0.05, 0) is 107 Å². The summed E-state index contributed by atoms with van der Waals surface area (Å²) in [5.41, 5.74) is 7.95. The highest BCUT2D eigenvalue weighted by Crippen LogP contribution is 2.52. The zero-order valence-corrected chi connectivity index (χ0v) is 22.2. The number of hydrogen-bond acceptors (Lipinski definition) is 6. The fourth-order valence-corrected chi connectivity index (χ4v) is 6.65. The Labute approximate surface area is 218 Å². The van der Waals surface area contributed by atoms with Crippen LogP contribution in [0.5, 0.6) is 0 Å². The van der Waals surface area contributed by atoms with Crippen LogP contribution < -0.4 is 5.32 Å². The Morgan fingerprint density at radius 2 is 1.78 bits per heavy atom. The van der Waals surface area contributed by atoms with Gasteiger partial charge in [-0.15, -0.1) is 0 Å². The molecule has 1 saturated carbocycles. The summed E-state index contributed by atoms with van der Waals surface area (Å²) >= 11 is 0. The largest absolute Gasteiger partial charge is 0.309 e. The highest BCUT2D eigenvalue weighted by atomic mass is 19.1. The normalized spacial score (nSPS) is 19.3. The molecule has 2 aliphatic heterocycles. The molecule has 2 fully saturated rings. The third-order valence-electron chi connectivity index (χ3n) is 8.79. The number of nitrogens with zero attached hydrogens (tertiary/aromatic N) is 5. The Hall–Kier alpha value is -3.19. The van der Waals surface area contributed by atoms with Gasteiger partial charge in [0.2, 0.25) is 5.95 Å². The number of piperidine rings is 1. The molecule has 0 amide bonds. The number of benzene rings is 1. The summed E-state index contributed by atoms with van der Waals surface area (Å²) in [6.45, 7) is 8.50. The van der Waals surface area contributed by atoms with Crippen LogP contribution in [0.1, 0.15) is 73.8 Å². The minimum atomic E-state index is -0.428. The number of likely N-dealkylation sites (tertiary alicyclic amines) is 1. The first-order chi connectivity index (χ1) is 17.8. The standard InChI is InChI=1S/C30H35FN6/c1-18-15-22(16-24-27(18)34-20(3)30(24)11-5-6-12-30)28-25(31)17-32-29(36-28)35-26-8-7-23(19(2)33-26)21-9-13-37(4)14-10-21/h7-8,15-17,21H,5-6,9-14H2,1-4H3,(H,32,33,35,36). The average Bonchev–Trinajstić information content (AvgIpc) is 3.48. The van der Waals surface area contributed by atoms with E-state index in [0.717, 1.165) is 61.3 Å². The zero-order chi connectivity index (χ0) is 25.7. The van der Waals surface area contributed by atoms with E-state index >= 15 is 4.39 Å². The van der Waals surface area contributed by atoms with Crippen molar-refractivity contribution < 1.29 is 4.39 Å². The Morgan fingerprint density at radius 1 is 1.03 bits per heavy atom. The Kier molecular flexibility index (Phi) is 6.06. The van der Waals surface area contributed by atoms with E-state index in [4.69, 9.17) is 9.98 Å². The van der Waals surface area contributed by atoms with Crippen molar-refractivity contribution >= 4 is 23.2 Å². The second-order valence-electron chi connectivity index (χ2n) is 11.1. The van der Waals surface area contributed by atoms with Gasteiger partial charge in [-0.3, -0.25) is 4.99 Å². The molecule has 0 bridgehead atoms. The summed E-state index contributed by atoms with van der Waals surface area (Å²) in [4.78, 5) is 20.9. The van der Waals surface area contributed by atoms with E-state index in [-0.39, 0.29) is 5.41 Å². The van der Waals surface area contributed by atoms with Gasteiger partial charge in [0.1, 0.15) is 11.5 Å². The Morgan fingerprint density at radius 3 is 2.51 bits per heavy atom. The van der Waals surface area contributed by atoms with Crippen LogP contribution >= 0.6 is 0 Å². The van der Waals surface area contributed by atoms with Crippen LogP contribution in [-0.2, 0) is 5.41 Å². The molecule has 1 aromatic carbocycles. The molecule has 3 aromatic rings. The molecule has 1 saturated heterocycles. The van der Waals surface area contributed by atoms with Gasteiger partial charge >= 0.3 is 0 Å². The van der Waals surface area contributed by atoms with E-state index in [1.165, 1.54) is 35.9 Å². The monoisotopic (exact) mass is 498 g/mol. The molecular weight excluding hydrogens is 463 g/mol. The van der Waals surface area contributed by atoms with Crippen molar-refractivity contribution in [2.24, 2.45) is 4.99 Å². The Bertz CT molecular complexity index is 1380. The summed E-state index contributed by atoms with van der Waals surface area (Å²) in [6.07, 6.45) is 8.18. The van der Waals surface area contributed by atoms with Gasteiger partial charge < -0.3 is 10.2 Å². The van der Waals surface area contributed by atoms with Crippen molar-refractivity contribution in [2.45, 2.75) is 70.6 Å². The number of halogens is 1. The van der Waals surface area contributed by atoms with Crippen molar-refractivity contribution in [1.29, 1.82) is 0 Å². The molecule has 4 heterocycles. The van der Waals surface area contributed by atoms with E-state index in [1.807, 2.05) is 12.1 Å². The van der Waals surface area contributed by atoms with E-state index in [0.29, 0.717) is 23.4 Å². The predicted octanol–water partition coefficient (Wildman–Crippen LogP) is 6.77. The van der Waals surface area contributed by atoms with Gasteiger partial charge in [-0.25, -0.2) is 19.3 Å². The van der Waals surface area contributed by atoms with Gasteiger partial charge in [0.15, 0.2) is 5.82 Å². The first-order valence-corrected chi connectivity index (χ1v) is 13.5. The van der Waals surface area contributed by atoms with Crippen molar-refractivity contribution in [2.75, 3.05) is 25.5 Å². The van der Waals surface area contributed by atoms with Crippen LogP contribution in [0.4, 0.5) is 21.8 Å². The predicted molar refractivity (Wildman–Crippen MR) is 147 cm³/mol. The lowest BCUT2D eigenvalue weighted by Crippen LogP contribution is -2.29. The van der Waals surface area contributed by atoms with Crippen LogP contribution in [0.2, 0.25) is 0 Å². The molecule has 192 valence electrons. The third-order valence-corrected chi connectivity index (χ3v) is 8.79. The quantitative estimate of drug-likeness (QED) is 0.430. The van der Waals surface area contributed by atoms with E-state index in [9.17, 15) is 0 Å². The lowest BCUT2D eigenvalue weighted by Gasteiger charge is -2.29. The maximum absolute atomic E-state index is 15.1. The van der Waals surface area contributed by atoms with E-state index in [2.05, 4.69) is 60.1 Å². The Balaban J connectivity index is 1.29. The molecule has 1 spiro atoms. The maximum Gasteiger partial charge on any atom is 0.229 e. The van der Waals surface area contributed by atoms with Gasteiger partial charge in [0.25, 0.3) is 0 Å². The molecule has 1 aliphatic carbocycles. The first-order valence-electron chi connectivity index (χ1n) is 13.5. The summed E-state index contributed by atoms with van der Waals surface area (Å²) < 4.78 is 15.1. The maximum atomic E-state index is 15.1. The molecule has 6 nitrogen and oxygen atoms in total. The summed E-state index contributed by atoms with van der Waals surface area (Å²) in [7, 11) is 2.18. The number of aliphatic imine (C=N–C) groups is 1. The van der Waals surface area contributed by atoms with Crippen LogP contribution in [0.15, 0.2) is 35.5 Å². The number of fused-ring (bicyclic) bond motifs is 2. The van der Waals surface area contributed by atoms with Crippen LogP contribution in [0.25, 0.3) is 11.3 Å². The third kappa shape index (κ3) is 4.23. The fraction of sp³-hybridized carbons (Fsp3) is 0.467. The number of aromatic nitrogens is 3. The summed E-state index contributed by atoms with van der Waals surface area (Å²) in [5, 5.41) is 3.21. The lowest BCUT2D eigenvalue weighted by atomic mass is 9.75. The number of hydrogen-bond donors (Lipinski definition) is 1. The van der Waals surface area contributed by atoms with E-state index < -0.39 is 5.82 Å². The molecule has 3 aliphatic rings. The minimum absolute atomic E-state index is 0.00235. The smallest absolute Gasteiger partial charge is 0.229 e. The van der Waals surface area contributed by atoms with Gasteiger partial charge in [-0.1, -0.05) is 18.9 Å². The molecule has 0 unspecified atom stereocenters. The fourth-order valence-electron chi connectivity index (χ4n) is 6.65. The molecule has 6 rings (SSSR count). The van der Waals surface area contributed by atoms with Gasteiger partial charge in [0.05, 0.1) is 11.9 Å². The zero-order valence-electron chi connectivity index (χ0n) is 22.2. The second-order valence-corrected chi connectivity index (χ2v) is 11.1. The van der Waals surface area contributed by atoms with Crippen LogP contribution in [0.3, 0.4) is 0 Å². The molecule has 37 heavy (non-hydrogen) atoms. The lowest BCUT2D eigenvalue weighted by molar-refractivity contribution is 0.255. The number of anilines is 2. The molecule has 0 radical (unpaired) electrons. The summed E-state index contributed by atoms with van der Waals surface area (Å²) in [5.74, 6) is 1.13. The summed E-state index contributed by atoms with van der Waals surface area (Å²) in [6, 6.07) is 8.26. The molecule has 2 aromatic heterocycles. The van der Waals surface area contributed by atoms with Crippen LogP contribution in [0, 0.1) is 19.7 Å². The molecule has 1 N–H and O–H groups in total. The van der Waals surface area contributed by atoms with Crippen molar-refractivity contribution in [1.82, 2.24) is 19.9 Å². The van der Waals surface area contributed by atoms with Gasteiger partial charge in [0, 0.05) is 22.4 Å². The molecule has 0 atom stereocenters.